The van der Waals surface area contributed by atoms with Crippen LogP contribution in [0, 0.1) is 12.6 Å². The van der Waals surface area contributed by atoms with Crippen LogP contribution in [0.2, 0.25) is 5.02 Å². The zero-order valence-corrected chi connectivity index (χ0v) is 20.3. The van der Waals surface area contributed by atoms with Gasteiger partial charge in [0, 0.05) is 17.4 Å². The van der Waals surface area contributed by atoms with E-state index in [1.807, 2.05) is 57.3 Å². The molecule has 27 heavy (non-hydrogen) atoms. The molecular formula is C21H19ClI2O3. The Hall–Kier alpha value is -0.800. The lowest BCUT2D eigenvalue weighted by Crippen LogP contribution is -2.09. The number of carbonyl (C=O) groups excluding carboxylic acids is 1. The standard InChI is InChI=1S/C21H19ClI2O3/c1-21(2,3)8-7-16-17(12-5-4-6-13(22)20(12)27-16)18(25)11-9-14(23)19(26)15(24)10-11/h4-6,9-10,26H,7-8H2,1-3H3. The van der Waals surface area contributed by atoms with Crippen molar-refractivity contribution in [2.75, 3.05) is 0 Å². The molecule has 6 heteroatoms. The van der Waals surface area contributed by atoms with Gasteiger partial charge < -0.3 is 9.52 Å². The molecule has 0 radical (unpaired) electrons. The maximum Gasteiger partial charge on any atom is 0.197 e. The van der Waals surface area contributed by atoms with Gasteiger partial charge in [-0.05, 0) is 75.2 Å². The number of rotatable bonds is 4. The van der Waals surface area contributed by atoms with E-state index in [1.54, 1.807) is 18.2 Å². The van der Waals surface area contributed by atoms with E-state index in [4.69, 9.17) is 16.0 Å². The van der Waals surface area contributed by atoms with Gasteiger partial charge in [0.15, 0.2) is 11.4 Å². The Morgan fingerprint density at radius 2 is 1.81 bits per heavy atom. The van der Waals surface area contributed by atoms with E-state index in [1.165, 1.54) is 0 Å². The average Bonchev–Trinajstić information content (AvgIpc) is 2.96. The molecule has 0 saturated carbocycles. The highest BCUT2D eigenvalue weighted by Crippen LogP contribution is 2.36. The highest BCUT2D eigenvalue weighted by atomic mass is 127. The van der Waals surface area contributed by atoms with Gasteiger partial charge in [-0.2, -0.15) is 0 Å². The molecule has 0 aliphatic heterocycles. The van der Waals surface area contributed by atoms with Crippen molar-refractivity contribution in [3.63, 3.8) is 0 Å². The van der Waals surface area contributed by atoms with Crippen LogP contribution in [0.15, 0.2) is 34.7 Å². The molecule has 0 bridgehead atoms. The average molecular weight is 609 g/mol. The number of phenols is 1. The molecule has 1 N–H and O–H groups in total. The van der Waals surface area contributed by atoms with Crippen molar-refractivity contribution in [3.05, 3.63) is 59.4 Å². The quantitative estimate of drug-likeness (QED) is 0.252. The molecule has 0 amide bonds. The second kappa shape index (κ2) is 7.91. The fourth-order valence-corrected chi connectivity index (χ4v) is 4.87. The lowest BCUT2D eigenvalue weighted by atomic mass is 9.88. The van der Waals surface area contributed by atoms with Crippen LogP contribution in [-0.2, 0) is 6.42 Å². The number of hydrogen-bond acceptors (Lipinski definition) is 3. The van der Waals surface area contributed by atoms with Gasteiger partial charge in [-0.3, -0.25) is 4.79 Å². The number of ketones is 1. The second-order valence-corrected chi connectivity index (χ2v) is 10.4. The normalized spacial score (nSPS) is 11.9. The second-order valence-electron chi connectivity index (χ2n) is 7.70. The maximum absolute atomic E-state index is 13.4. The molecule has 1 heterocycles. The summed E-state index contributed by atoms with van der Waals surface area (Å²) in [5, 5.41) is 11.2. The lowest BCUT2D eigenvalue weighted by molar-refractivity contribution is 0.103. The van der Waals surface area contributed by atoms with Gasteiger partial charge in [0.25, 0.3) is 0 Å². The smallest absolute Gasteiger partial charge is 0.197 e. The Morgan fingerprint density at radius 1 is 1.19 bits per heavy atom. The van der Waals surface area contributed by atoms with Gasteiger partial charge >= 0.3 is 0 Å². The molecule has 3 aromatic rings. The van der Waals surface area contributed by atoms with Crippen LogP contribution in [-0.4, -0.2) is 10.9 Å². The van der Waals surface area contributed by atoms with E-state index in [-0.39, 0.29) is 16.9 Å². The number of phenolic OH excluding ortho intramolecular Hbond substituents is 1. The summed E-state index contributed by atoms with van der Waals surface area (Å²) in [6.07, 6.45) is 1.54. The summed E-state index contributed by atoms with van der Waals surface area (Å²) in [4.78, 5) is 13.4. The van der Waals surface area contributed by atoms with Gasteiger partial charge in [0.05, 0.1) is 17.7 Å². The number of hydrogen-bond donors (Lipinski definition) is 1. The van der Waals surface area contributed by atoms with Crippen LogP contribution in [0.1, 0.15) is 48.9 Å². The third kappa shape index (κ3) is 4.45. The summed E-state index contributed by atoms with van der Waals surface area (Å²) < 4.78 is 7.33. The largest absolute Gasteiger partial charge is 0.506 e. The van der Waals surface area contributed by atoms with E-state index >= 15 is 0 Å². The van der Waals surface area contributed by atoms with Crippen molar-refractivity contribution in [1.82, 2.24) is 0 Å². The van der Waals surface area contributed by atoms with Crippen LogP contribution in [0.5, 0.6) is 5.75 Å². The molecule has 3 rings (SSSR count). The molecule has 0 aliphatic rings. The van der Waals surface area contributed by atoms with Gasteiger partial charge in [0.1, 0.15) is 11.5 Å². The van der Waals surface area contributed by atoms with Gasteiger partial charge in [-0.1, -0.05) is 44.5 Å². The molecular weight excluding hydrogens is 589 g/mol. The lowest BCUT2D eigenvalue weighted by Gasteiger charge is -2.17. The van der Waals surface area contributed by atoms with Gasteiger partial charge in [-0.25, -0.2) is 0 Å². The monoisotopic (exact) mass is 608 g/mol. The fourth-order valence-electron chi connectivity index (χ4n) is 2.89. The third-order valence-electron chi connectivity index (χ3n) is 4.35. The molecule has 0 atom stereocenters. The predicted molar refractivity (Wildman–Crippen MR) is 126 cm³/mol. The topological polar surface area (TPSA) is 50.4 Å². The van der Waals surface area contributed by atoms with Crippen LogP contribution in [0.25, 0.3) is 11.0 Å². The summed E-state index contributed by atoms with van der Waals surface area (Å²) >= 11 is 10.4. The van der Waals surface area contributed by atoms with Crippen molar-refractivity contribution in [3.8, 4) is 5.75 Å². The number of carbonyl (C=O) groups is 1. The number of furan rings is 1. The van der Waals surface area contributed by atoms with Crippen LogP contribution >= 0.6 is 56.8 Å². The number of aromatic hydroxyl groups is 1. The first-order valence-corrected chi connectivity index (χ1v) is 11.0. The van der Waals surface area contributed by atoms with Gasteiger partial charge in [0.2, 0.25) is 0 Å². The Morgan fingerprint density at radius 3 is 2.41 bits per heavy atom. The minimum Gasteiger partial charge on any atom is -0.506 e. The van der Waals surface area contributed by atoms with Crippen molar-refractivity contribution < 1.29 is 14.3 Å². The molecule has 0 spiro atoms. The number of halogens is 3. The summed E-state index contributed by atoms with van der Waals surface area (Å²) in [5.74, 6) is 0.743. The molecule has 0 fully saturated rings. The summed E-state index contributed by atoms with van der Waals surface area (Å²) in [6, 6.07) is 8.87. The number of benzene rings is 2. The third-order valence-corrected chi connectivity index (χ3v) is 6.29. The molecule has 1 aromatic heterocycles. The van der Waals surface area contributed by atoms with Crippen molar-refractivity contribution >= 4 is 73.5 Å². The highest BCUT2D eigenvalue weighted by Gasteiger charge is 2.25. The molecule has 3 nitrogen and oxygen atoms in total. The number of fused-ring (bicyclic) bond motifs is 1. The first-order chi connectivity index (χ1) is 12.6. The van der Waals surface area contributed by atoms with Crippen LogP contribution < -0.4 is 0 Å². The van der Waals surface area contributed by atoms with E-state index < -0.39 is 0 Å². The zero-order chi connectivity index (χ0) is 19.9. The molecule has 2 aromatic carbocycles. The Labute approximate surface area is 190 Å². The summed E-state index contributed by atoms with van der Waals surface area (Å²) in [5.41, 5.74) is 1.76. The number of para-hydroxylation sites is 1. The van der Waals surface area contributed by atoms with E-state index in [2.05, 4.69) is 20.8 Å². The molecule has 142 valence electrons. The first kappa shape index (κ1) is 20.9. The predicted octanol–water partition coefficient (Wildman–Crippen LogP) is 7.21. The van der Waals surface area contributed by atoms with Crippen molar-refractivity contribution in [1.29, 1.82) is 0 Å². The van der Waals surface area contributed by atoms with E-state index in [0.29, 0.717) is 41.1 Å². The summed E-state index contributed by atoms with van der Waals surface area (Å²) in [6.45, 7) is 6.48. The van der Waals surface area contributed by atoms with E-state index in [9.17, 15) is 9.90 Å². The fraction of sp³-hybridized carbons (Fsp3) is 0.286. The first-order valence-electron chi connectivity index (χ1n) is 8.51. The van der Waals surface area contributed by atoms with E-state index in [0.717, 1.165) is 11.8 Å². The zero-order valence-electron chi connectivity index (χ0n) is 15.2. The Bertz CT molecular complexity index is 1010. The van der Waals surface area contributed by atoms with Crippen molar-refractivity contribution in [2.45, 2.75) is 33.6 Å². The SMILES string of the molecule is CC(C)(C)CCc1oc2c(Cl)cccc2c1C(=O)c1cc(I)c(O)c(I)c1. The Kier molecular flexibility index (Phi) is 6.13. The molecule has 0 aliphatic carbocycles. The minimum absolute atomic E-state index is 0.115. The summed E-state index contributed by atoms with van der Waals surface area (Å²) in [7, 11) is 0. The molecule has 0 saturated heterocycles. The Balaban J connectivity index is 2.16. The van der Waals surface area contributed by atoms with Crippen LogP contribution in [0.4, 0.5) is 0 Å². The van der Waals surface area contributed by atoms with Crippen molar-refractivity contribution in [2.24, 2.45) is 5.41 Å². The maximum atomic E-state index is 13.4. The van der Waals surface area contributed by atoms with Crippen LogP contribution in [0.3, 0.4) is 0 Å². The highest BCUT2D eigenvalue weighted by molar-refractivity contribution is 14.1. The molecule has 0 unspecified atom stereocenters. The number of aryl methyl sites for hydroxylation is 1. The minimum atomic E-state index is -0.115. The van der Waals surface area contributed by atoms with Gasteiger partial charge in [-0.15, -0.1) is 0 Å².